The molecule has 1 fully saturated rings. The van der Waals surface area contributed by atoms with Crippen molar-refractivity contribution in [2.45, 2.75) is 71.3 Å². The summed E-state index contributed by atoms with van der Waals surface area (Å²) in [7, 11) is 3.55. The van der Waals surface area contributed by atoms with Gasteiger partial charge in [0, 0.05) is 41.8 Å². The zero-order valence-corrected chi connectivity index (χ0v) is 22.7. The van der Waals surface area contributed by atoms with Crippen molar-refractivity contribution in [1.82, 2.24) is 9.47 Å². The molecule has 6 nitrogen and oxygen atoms in total. The molecule has 1 aliphatic rings. The predicted octanol–water partition coefficient (Wildman–Crippen LogP) is 5.66. The Labute approximate surface area is 214 Å². The van der Waals surface area contributed by atoms with E-state index in [0.717, 1.165) is 58.4 Å². The first kappa shape index (κ1) is 25.8. The molecule has 1 heterocycles. The Morgan fingerprint density at radius 3 is 2.36 bits per heavy atom. The standard InChI is InChI=1S/C30H39N3O3/c1-8-20-10-11-22(18-25(20)36-9-2)30(14-15-30)28(35)31-23-12-13-24-21(16-23)17-26(29(3,4)5)33(24)19-27(34)32(6)7/h10-13,16-18H,8-9,14-15,19H2,1-7H3,(H,31,35). The van der Waals surface area contributed by atoms with Crippen LogP contribution >= 0.6 is 0 Å². The number of benzene rings is 2. The van der Waals surface area contributed by atoms with Crippen LogP contribution in [0.5, 0.6) is 5.75 Å². The molecule has 2 amide bonds. The summed E-state index contributed by atoms with van der Waals surface area (Å²) in [5.74, 6) is 0.944. The Bertz CT molecular complexity index is 1290. The van der Waals surface area contributed by atoms with Crippen molar-refractivity contribution < 1.29 is 14.3 Å². The minimum atomic E-state index is -0.506. The molecule has 0 unspecified atom stereocenters. The number of carbonyl (C=O) groups is 2. The van der Waals surface area contributed by atoms with E-state index in [9.17, 15) is 9.59 Å². The van der Waals surface area contributed by atoms with E-state index in [1.54, 1.807) is 19.0 Å². The smallest absolute Gasteiger partial charge is 0.242 e. The number of hydrogen-bond donors (Lipinski definition) is 1. The van der Waals surface area contributed by atoms with Crippen LogP contribution in [-0.4, -0.2) is 42.0 Å². The second-order valence-corrected chi connectivity index (χ2v) is 11.1. The second kappa shape index (κ2) is 9.64. The van der Waals surface area contributed by atoms with Gasteiger partial charge in [-0.05, 0) is 67.6 Å². The number of aryl methyl sites for hydroxylation is 1. The van der Waals surface area contributed by atoms with Gasteiger partial charge in [-0.25, -0.2) is 0 Å². The monoisotopic (exact) mass is 489 g/mol. The molecule has 1 saturated carbocycles. The zero-order valence-electron chi connectivity index (χ0n) is 22.7. The van der Waals surface area contributed by atoms with Crippen LogP contribution in [-0.2, 0) is 33.4 Å². The number of nitrogens with zero attached hydrogens (tertiary/aromatic N) is 2. The van der Waals surface area contributed by atoms with E-state index in [2.05, 4.69) is 61.8 Å². The Morgan fingerprint density at radius 1 is 1.06 bits per heavy atom. The summed E-state index contributed by atoms with van der Waals surface area (Å²) in [6.45, 7) is 11.4. The first-order chi connectivity index (χ1) is 17.0. The second-order valence-electron chi connectivity index (χ2n) is 11.1. The van der Waals surface area contributed by atoms with Crippen LogP contribution < -0.4 is 10.1 Å². The molecular weight excluding hydrogens is 450 g/mol. The summed E-state index contributed by atoms with van der Waals surface area (Å²) >= 11 is 0. The lowest BCUT2D eigenvalue weighted by Gasteiger charge is -2.23. The minimum absolute atomic E-state index is 0.0202. The largest absolute Gasteiger partial charge is 0.494 e. The molecule has 4 rings (SSSR count). The highest BCUT2D eigenvalue weighted by molar-refractivity contribution is 6.02. The van der Waals surface area contributed by atoms with Gasteiger partial charge < -0.3 is 19.5 Å². The van der Waals surface area contributed by atoms with E-state index in [0.29, 0.717) is 6.61 Å². The number of ether oxygens (including phenoxy) is 1. The van der Waals surface area contributed by atoms with E-state index in [4.69, 9.17) is 4.74 Å². The molecule has 2 aromatic carbocycles. The van der Waals surface area contributed by atoms with Gasteiger partial charge in [0.15, 0.2) is 0 Å². The highest BCUT2D eigenvalue weighted by atomic mass is 16.5. The molecule has 1 N–H and O–H groups in total. The summed E-state index contributed by atoms with van der Waals surface area (Å²) in [6.07, 6.45) is 2.55. The summed E-state index contributed by atoms with van der Waals surface area (Å²) in [5.41, 5.74) is 4.40. The van der Waals surface area contributed by atoms with Gasteiger partial charge in [-0.1, -0.05) is 39.8 Å². The molecular formula is C30H39N3O3. The predicted molar refractivity (Wildman–Crippen MR) is 146 cm³/mol. The Balaban J connectivity index is 1.63. The minimum Gasteiger partial charge on any atom is -0.494 e. The third-order valence-corrected chi connectivity index (χ3v) is 7.20. The fourth-order valence-corrected chi connectivity index (χ4v) is 4.87. The van der Waals surface area contributed by atoms with Crippen molar-refractivity contribution in [2.24, 2.45) is 0 Å². The number of anilines is 1. The fraction of sp³-hybridized carbons (Fsp3) is 0.467. The van der Waals surface area contributed by atoms with Gasteiger partial charge in [-0.2, -0.15) is 0 Å². The summed E-state index contributed by atoms with van der Waals surface area (Å²) in [4.78, 5) is 27.7. The zero-order chi connectivity index (χ0) is 26.3. The average Bonchev–Trinajstić information content (AvgIpc) is 3.56. The van der Waals surface area contributed by atoms with Crippen LogP contribution in [0.3, 0.4) is 0 Å². The molecule has 1 aromatic heterocycles. The van der Waals surface area contributed by atoms with Gasteiger partial charge in [0.2, 0.25) is 11.8 Å². The first-order valence-electron chi connectivity index (χ1n) is 12.9. The highest BCUT2D eigenvalue weighted by Gasteiger charge is 2.51. The van der Waals surface area contributed by atoms with Crippen LogP contribution in [0, 0.1) is 0 Å². The molecule has 192 valence electrons. The average molecular weight is 490 g/mol. The van der Waals surface area contributed by atoms with Gasteiger partial charge in [-0.3, -0.25) is 9.59 Å². The van der Waals surface area contributed by atoms with Gasteiger partial charge in [-0.15, -0.1) is 0 Å². The number of likely N-dealkylation sites (N-methyl/N-ethyl adjacent to an activating group) is 1. The Morgan fingerprint density at radius 2 is 1.78 bits per heavy atom. The fourth-order valence-electron chi connectivity index (χ4n) is 4.87. The molecule has 36 heavy (non-hydrogen) atoms. The highest BCUT2D eigenvalue weighted by Crippen LogP contribution is 2.50. The molecule has 0 bridgehead atoms. The number of carbonyl (C=O) groups excluding carboxylic acids is 2. The maximum absolute atomic E-state index is 13.5. The first-order valence-corrected chi connectivity index (χ1v) is 12.9. The molecule has 0 spiro atoms. The third-order valence-electron chi connectivity index (χ3n) is 7.20. The number of hydrogen-bond acceptors (Lipinski definition) is 3. The maximum Gasteiger partial charge on any atom is 0.242 e. The number of rotatable bonds is 8. The van der Waals surface area contributed by atoms with Crippen molar-refractivity contribution in [3.05, 3.63) is 59.3 Å². The summed E-state index contributed by atoms with van der Waals surface area (Å²) in [5, 5.41) is 4.19. The van der Waals surface area contributed by atoms with Crippen LogP contribution in [0.1, 0.15) is 64.3 Å². The lowest BCUT2D eigenvalue weighted by atomic mass is 9.92. The SMILES string of the molecule is CCOc1cc(C2(C(=O)Nc3ccc4c(c3)cc(C(C)(C)C)n4CC(=O)N(C)C)CC2)ccc1CC. The molecule has 3 aromatic rings. The van der Waals surface area contributed by atoms with E-state index < -0.39 is 5.41 Å². The lowest BCUT2D eigenvalue weighted by molar-refractivity contribution is -0.129. The van der Waals surface area contributed by atoms with Crippen LogP contribution in [0.15, 0.2) is 42.5 Å². The van der Waals surface area contributed by atoms with Crippen LogP contribution in [0.4, 0.5) is 5.69 Å². The number of aromatic nitrogens is 1. The molecule has 6 heteroatoms. The summed E-state index contributed by atoms with van der Waals surface area (Å²) < 4.78 is 7.95. The normalized spacial score (nSPS) is 14.5. The van der Waals surface area contributed by atoms with Crippen molar-refractivity contribution in [3.8, 4) is 5.75 Å². The molecule has 0 saturated heterocycles. The van der Waals surface area contributed by atoms with Gasteiger partial charge in [0.25, 0.3) is 0 Å². The van der Waals surface area contributed by atoms with Crippen molar-refractivity contribution in [3.63, 3.8) is 0 Å². The quantitative estimate of drug-likeness (QED) is 0.444. The summed E-state index contributed by atoms with van der Waals surface area (Å²) in [6, 6.07) is 14.3. The molecule has 1 aliphatic carbocycles. The Hall–Kier alpha value is -3.28. The van der Waals surface area contributed by atoms with Crippen LogP contribution in [0.25, 0.3) is 10.9 Å². The number of amides is 2. The van der Waals surface area contributed by atoms with Crippen molar-refractivity contribution in [1.29, 1.82) is 0 Å². The Kier molecular flexibility index (Phi) is 6.91. The number of nitrogens with one attached hydrogen (secondary N) is 1. The van der Waals surface area contributed by atoms with Crippen molar-refractivity contribution >= 4 is 28.4 Å². The van der Waals surface area contributed by atoms with E-state index in [1.165, 1.54) is 0 Å². The van der Waals surface area contributed by atoms with E-state index in [1.807, 2.05) is 25.1 Å². The molecule has 0 aliphatic heterocycles. The van der Waals surface area contributed by atoms with Crippen LogP contribution in [0.2, 0.25) is 0 Å². The van der Waals surface area contributed by atoms with Gasteiger partial charge >= 0.3 is 0 Å². The van der Waals surface area contributed by atoms with Gasteiger partial charge in [0.05, 0.1) is 12.0 Å². The van der Waals surface area contributed by atoms with E-state index >= 15 is 0 Å². The number of fused-ring (bicyclic) bond motifs is 1. The molecule has 0 atom stereocenters. The third kappa shape index (κ3) is 4.86. The maximum atomic E-state index is 13.5. The topological polar surface area (TPSA) is 63.6 Å². The lowest BCUT2D eigenvalue weighted by Crippen LogP contribution is -2.29. The van der Waals surface area contributed by atoms with Gasteiger partial charge in [0.1, 0.15) is 12.3 Å². The van der Waals surface area contributed by atoms with E-state index in [-0.39, 0.29) is 23.8 Å². The molecule has 0 radical (unpaired) electrons. The van der Waals surface area contributed by atoms with Crippen molar-refractivity contribution in [2.75, 3.05) is 26.0 Å².